The van der Waals surface area contributed by atoms with Gasteiger partial charge in [0.1, 0.15) is 25.1 Å². The summed E-state index contributed by atoms with van der Waals surface area (Å²) in [5, 5.41) is 0. The topological polar surface area (TPSA) is 76.1 Å². The largest absolute Gasteiger partial charge is 0.475 e. The average molecular weight is 460 g/mol. The van der Waals surface area contributed by atoms with Crippen molar-refractivity contribution in [2.45, 2.75) is 6.18 Å². The highest BCUT2D eigenvalue weighted by Crippen LogP contribution is 2.36. The van der Waals surface area contributed by atoms with E-state index in [2.05, 4.69) is 20.9 Å². The number of carbonyl (C=O) groups excluding carboxylic acids is 1. The van der Waals surface area contributed by atoms with Gasteiger partial charge in [-0.1, -0.05) is 0 Å². The van der Waals surface area contributed by atoms with Crippen molar-refractivity contribution in [2.75, 3.05) is 59.5 Å². The van der Waals surface area contributed by atoms with Crippen LogP contribution in [0.15, 0.2) is 16.7 Å². The van der Waals surface area contributed by atoms with Gasteiger partial charge >= 0.3 is 6.18 Å². The lowest BCUT2D eigenvalue weighted by molar-refractivity contribution is -0.139. The normalized spacial score (nSPS) is 11.6. The number of pyridine rings is 1. The van der Waals surface area contributed by atoms with Crippen LogP contribution >= 0.6 is 15.9 Å². The summed E-state index contributed by atoms with van der Waals surface area (Å²) in [4.78, 5) is 13.6. The molecule has 0 unspecified atom stereocenters. The monoisotopic (exact) mass is 459 g/mol. The molecule has 0 atom stereocenters. The van der Waals surface area contributed by atoms with Crippen molar-refractivity contribution < 1.29 is 41.7 Å². The first kappa shape index (κ1) is 23.8. The zero-order valence-corrected chi connectivity index (χ0v) is 16.1. The van der Waals surface area contributed by atoms with E-state index in [9.17, 15) is 18.0 Å². The third-order valence-corrected chi connectivity index (χ3v) is 3.33. The molecule has 0 fully saturated rings. The highest BCUT2D eigenvalue weighted by Gasteiger charge is 2.35. The van der Waals surface area contributed by atoms with Gasteiger partial charge in [-0.25, -0.2) is 4.98 Å². The van der Waals surface area contributed by atoms with Gasteiger partial charge in [0.05, 0.1) is 46.2 Å². The maximum absolute atomic E-state index is 12.9. The van der Waals surface area contributed by atoms with Crippen LogP contribution in [0.2, 0.25) is 0 Å². The predicted molar refractivity (Wildman–Crippen MR) is 91.8 cm³/mol. The molecule has 0 N–H and O–H groups in total. The Labute approximate surface area is 163 Å². The summed E-state index contributed by atoms with van der Waals surface area (Å²) in [6.07, 6.45) is -2.65. The van der Waals surface area contributed by atoms with Gasteiger partial charge in [0.15, 0.2) is 0 Å². The van der Waals surface area contributed by atoms with Gasteiger partial charge in [0, 0.05) is 10.7 Å². The molecule has 0 radical (unpaired) electrons. The number of carbonyl (C=O) groups is 1. The zero-order chi connectivity index (χ0) is 20.0. The first-order valence-electron chi connectivity index (χ1n) is 8.05. The van der Waals surface area contributed by atoms with E-state index in [0.717, 1.165) is 6.07 Å². The second-order valence-electron chi connectivity index (χ2n) is 4.93. The van der Waals surface area contributed by atoms with Gasteiger partial charge in [-0.2, -0.15) is 13.2 Å². The molecule has 0 amide bonds. The van der Waals surface area contributed by atoms with Gasteiger partial charge in [-0.05, 0) is 22.0 Å². The molecule has 0 saturated heterocycles. The molecule has 0 bridgehead atoms. The van der Waals surface area contributed by atoms with Crippen LogP contribution in [0, 0.1) is 0 Å². The Hall–Kier alpha value is -1.27. The lowest BCUT2D eigenvalue weighted by atomic mass is 10.2. The van der Waals surface area contributed by atoms with Crippen LogP contribution in [0.4, 0.5) is 13.2 Å². The predicted octanol–water partition coefficient (Wildman–Crippen LogP) is 2.51. The Balaban J connectivity index is 2.03. The molecule has 0 aliphatic rings. The fraction of sp³-hybridized carbons (Fsp3) is 0.625. The summed E-state index contributed by atoms with van der Waals surface area (Å²) in [5.41, 5.74) is -0.947. The van der Waals surface area contributed by atoms with Crippen molar-refractivity contribution in [3.63, 3.8) is 0 Å². The molecule has 7 nitrogen and oxygen atoms in total. The zero-order valence-electron chi connectivity index (χ0n) is 14.5. The molecular weight excluding hydrogens is 439 g/mol. The summed E-state index contributed by atoms with van der Waals surface area (Å²) in [6, 6.07) is 0.910. The number of alkyl halides is 3. The minimum Gasteiger partial charge on any atom is -0.475 e. The first-order valence-corrected chi connectivity index (χ1v) is 8.84. The smallest absolute Gasteiger partial charge is 0.421 e. The van der Waals surface area contributed by atoms with Gasteiger partial charge < -0.3 is 28.5 Å². The molecule has 0 spiro atoms. The highest BCUT2D eigenvalue weighted by atomic mass is 79.9. The maximum atomic E-state index is 12.9. The molecule has 0 aromatic carbocycles. The summed E-state index contributed by atoms with van der Waals surface area (Å²) in [5.74, 6) is -0.486. The van der Waals surface area contributed by atoms with E-state index in [4.69, 9.17) is 23.7 Å². The molecule has 11 heteroatoms. The number of nitrogens with zero attached hydrogens (tertiary/aromatic N) is 1. The van der Waals surface area contributed by atoms with Crippen molar-refractivity contribution >= 4 is 22.2 Å². The van der Waals surface area contributed by atoms with Gasteiger partial charge in [0.2, 0.25) is 5.88 Å². The molecule has 1 heterocycles. The molecular formula is C16H21BrF3NO6. The van der Waals surface area contributed by atoms with Crippen molar-refractivity contribution in [2.24, 2.45) is 0 Å². The number of hydrogen-bond acceptors (Lipinski definition) is 7. The summed E-state index contributed by atoms with van der Waals surface area (Å²) >= 11 is 2.95. The Morgan fingerprint density at radius 3 is 1.96 bits per heavy atom. The van der Waals surface area contributed by atoms with E-state index < -0.39 is 17.6 Å². The maximum Gasteiger partial charge on any atom is 0.421 e. The average Bonchev–Trinajstić information content (AvgIpc) is 2.62. The molecule has 1 rings (SSSR count). The second-order valence-corrected chi connectivity index (χ2v) is 5.85. The molecule has 0 aliphatic carbocycles. The third kappa shape index (κ3) is 11.2. The quantitative estimate of drug-likeness (QED) is 0.294. The summed E-state index contributed by atoms with van der Waals surface area (Å²) in [6.45, 7) is 2.12. The van der Waals surface area contributed by atoms with E-state index in [1.165, 1.54) is 6.20 Å². The standard InChI is InChI=1S/C16H21BrF3NO6/c17-13-11-14(16(18,19)20)15(21-12-13)27-10-9-26-8-7-25-6-5-24-4-3-23-2-1-22/h1,11-12H,2-10H2. The molecule has 1 aromatic heterocycles. The SMILES string of the molecule is O=CCOCCOCCOCCOCCOc1ncc(Br)cc1C(F)(F)F. The Kier molecular flexibility index (Phi) is 12.2. The van der Waals surface area contributed by atoms with Crippen molar-refractivity contribution in [3.8, 4) is 5.88 Å². The minimum atomic E-state index is -4.55. The number of aldehydes is 1. The summed E-state index contributed by atoms with van der Waals surface area (Å²) < 4.78 is 64.5. The number of halogens is 4. The lowest BCUT2D eigenvalue weighted by Crippen LogP contribution is -2.15. The number of rotatable bonds is 15. The van der Waals surface area contributed by atoms with Gasteiger partial charge in [-0.15, -0.1) is 0 Å². The van der Waals surface area contributed by atoms with Crippen LogP contribution in [0.5, 0.6) is 5.88 Å². The van der Waals surface area contributed by atoms with E-state index in [1.54, 1.807) is 0 Å². The Bertz CT molecular complexity index is 547. The molecule has 154 valence electrons. The number of ether oxygens (including phenoxy) is 5. The fourth-order valence-corrected chi connectivity index (χ4v) is 2.06. The van der Waals surface area contributed by atoms with E-state index in [1.807, 2.05) is 0 Å². The second kappa shape index (κ2) is 13.8. The van der Waals surface area contributed by atoms with Crippen molar-refractivity contribution in [1.82, 2.24) is 4.98 Å². The van der Waals surface area contributed by atoms with E-state index in [0.29, 0.717) is 39.3 Å². The van der Waals surface area contributed by atoms with Crippen molar-refractivity contribution in [1.29, 1.82) is 0 Å². The van der Waals surface area contributed by atoms with E-state index >= 15 is 0 Å². The first-order chi connectivity index (χ1) is 12.9. The Morgan fingerprint density at radius 1 is 0.926 bits per heavy atom. The Morgan fingerprint density at radius 2 is 1.44 bits per heavy atom. The lowest BCUT2D eigenvalue weighted by Gasteiger charge is -2.13. The van der Waals surface area contributed by atoms with Crippen LogP contribution in [0.1, 0.15) is 5.56 Å². The highest BCUT2D eigenvalue weighted by molar-refractivity contribution is 9.10. The third-order valence-electron chi connectivity index (χ3n) is 2.89. The van der Waals surface area contributed by atoms with E-state index in [-0.39, 0.29) is 30.9 Å². The van der Waals surface area contributed by atoms with Crippen molar-refractivity contribution in [3.05, 3.63) is 22.3 Å². The summed E-state index contributed by atoms with van der Waals surface area (Å²) in [7, 11) is 0. The fourth-order valence-electron chi connectivity index (χ4n) is 1.73. The molecule has 1 aromatic rings. The minimum absolute atomic E-state index is 0.0519. The van der Waals surface area contributed by atoms with Crippen LogP contribution in [-0.2, 0) is 29.9 Å². The van der Waals surface area contributed by atoms with Gasteiger partial charge in [-0.3, -0.25) is 0 Å². The van der Waals surface area contributed by atoms with Crippen LogP contribution in [0.25, 0.3) is 0 Å². The van der Waals surface area contributed by atoms with Gasteiger partial charge in [0.25, 0.3) is 0 Å². The number of aromatic nitrogens is 1. The van der Waals surface area contributed by atoms with Crippen LogP contribution in [0.3, 0.4) is 0 Å². The molecule has 0 saturated carbocycles. The molecule has 0 aliphatic heterocycles. The number of hydrogen-bond donors (Lipinski definition) is 0. The van der Waals surface area contributed by atoms with Crippen LogP contribution < -0.4 is 4.74 Å². The van der Waals surface area contributed by atoms with Crippen LogP contribution in [-0.4, -0.2) is 70.7 Å². The molecule has 27 heavy (non-hydrogen) atoms.